The van der Waals surface area contributed by atoms with Crippen LogP contribution in [0.5, 0.6) is 0 Å². The Hall–Kier alpha value is -2.54. The van der Waals surface area contributed by atoms with Crippen LogP contribution in [-0.4, -0.2) is 41.4 Å². The third-order valence-corrected chi connectivity index (χ3v) is 4.89. The van der Waals surface area contributed by atoms with Crippen LogP contribution >= 0.6 is 11.6 Å². The van der Waals surface area contributed by atoms with Crippen molar-refractivity contribution in [3.05, 3.63) is 41.6 Å². The second-order valence-electron chi connectivity index (χ2n) is 6.69. The maximum atomic E-state index is 11.7. The largest absolute Gasteiger partial charge is 0.370 e. The Bertz CT molecular complexity index is 985. The van der Waals surface area contributed by atoms with Crippen LogP contribution in [0.3, 0.4) is 0 Å². The lowest BCUT2D eigenvalue weighted by molar-refractivity contribution is -0.122. The maximum Gasteiger partial charge on any atom is 0.223 e. The molecule has 1 fully saturated rings. The molecular weight excluding hydrogens is 361 g/mol. The molecular formula is C19H19BClN5O. The van der Waals surface area contributed by atoms with E-state index in [0.717, 1.165) is 36.3 Å². The molecule has 27 heavy (non-hydrogen) atoms. The number of hydrogen-bond acceptors (Lipinski definition) is 4. The van der Waals surface area contributed by atoms with Gasteiger partial charge in [0.2, 0.25) is 5.91 Å². The average Bonchev–Trinajstić information content (AvgIpc) is 3.45. The van der Waals surface area contributed by atoms with Crippen molar-refractivity contribution in [1.29, 1.82) is 0 Å². The van der Waals surface area contributed by atoms with Gasteiger partial charge in [-0.25, -0.2) is 4.98 Å². The molecule has 6 nitrogen and oxygen atoms in total. The SMILES string of the molecule is [B]c1cnn2c(NCCCNC(=O)C3CC3)cc(-c3ccccc3Cl)nc12. The summed E-state index contributed by atoms with van der Waals surface area (Å²) in [7, 11) is 6.02. The van der Waals surface area contributed by atoms with Gasteiger partial charge in [-0.1, -0.05) is 29.8 Å². The number of nitrogens with one attached hydrogen (secondary N) is 2. The summed E-state index contributed by atoms with van der Waals surface area (Å²) in [5.74, 6) is 1.19. The normalized spacial score (nSPS) is 13.7. The van der Waals surface area contributed by atoms with Crippen molar-refractivity contribution in [2.24, 2.45) is 5.92 Å². The van der Waals surface area contributed by atoms with Crippen molar-refractivity contribution in [3.8, 4) is 11.3 Å². The molecule has 2 N–H and O–H groups in total. The van der Waals surface area contributed by atoms with E-state index in [1.807, 2.05) is 30.3 Å². The van der Waals surface area contributed by atoms with Crippen LogP contribution in [0.25, 0.3) is 16.9 Å². The van der Waals surface area contributed by atoms with Crippen molar-refractivity contribution >= 4 is 42.3 Å². The molecule has 0 spiro atoms. The minimum absolute atomic E-state index is 0.169. The number of hydrogen-bond donors (Lipinski definition) is 2. The fourth-order valence-corrected chi connectivity index (χ4v) is 3.15. The monoisotopic (exact) mass is 379 g/mol. The molecule has 1 aliphatic rings. The van der Waals surface area contributed by atoms with Crippen molar-refractivity contribution in [3.63, 3.8) is 0 Å². The van der Waals surface area contributed by atoms with Gasteiger partial charge in [0.05, 0.1) is 5.69 Å². The van der Waals surface area contributed by atoms with E-state index in [4.69, 9.17) is 19.4 Å². The second kappa shape index (κ2) is 7.60. The number of carbonyl (C=O) groups excluding carboxylic acids is 1. The molecule has 1 aromatic carbocycles. The summed E-state index contributed by atoms with van der Waals surface area (Å²) in [5.41, 5.74) is 2.65. The molecule has 136 valence electrons. The van der Waals surface area contributed by atoms with E-state index in [-0.39, 0.29) is 11.8 Å². The minimum atomic E-state index is 0.169. The first-order chi connectivity index (χ1) is 13.1. The molecule has 3 aromatic rings. The minimum Gasteiger partial charge on any atom is -0.370 e. The van der Waals surface area contributed by atoms with E-state index < -0.39 is 0 Å². The Morgan fingerprint density at radius 2 is 2.11 bits per heavy atom. The third-order valence-electron chi connectivity index (χ3n) is 4.56. The van der Waals surface area contributed by atoms with E-state index >= 15 is 0 Å². The van der Waals surface area contributed by atoms with Crippen molar-refractivity contribution < 1.29 is 4.79 Å². The first kappa shape index (κ1) is 17.9. The zero-order valence-corrected chi connectivity index (χ0v) is 15.5. The smallest absolute Gasteiger partial charge is 0.223 e. The lowest BCUT2D eigenvalue weighted by Gasteiger charge is -2.12. The Labute approximate surface area is 163 Å². The van der Waals surface area contributed by atoms with Crippen molar-refractivity contribution in [2.45, 2.75) is 19.3 Å². The van der Waals surface area contributed by atoms with Gasteiger partial charge in [-0.15, -0.1) is 0 Å². The number of amides is 1. The van der Waals surface area contributed by atoms with Gasteiger partial charge in [-0.2, -0.15) is 9.61 Å². The van der Waals surface area contributed by atoms with Gasteiger partial charge < -0.3 is 10.6 Å². The van der Waals surface area contributed by atoms with E-state index in [0.29, 0.717) is 29.2 Å². The Morgan fingerprint density at radius 1 is 1.30 bits per heavy atom. The summed E-state index contributed by atoms with van der Waals surface area (Å²) in [5, 5.41) is 11.2. The highest BCUT2D eigenvalue weighted by atomic mass is 35.5. The van der Waals surface area contributed by atoms with Gasteiger partial charge in [0, 0.05) is 41.9 Å². The highest BCUT2D eigenvalue weighted by Gasteiger charge is 2.28. The van der Waals surface area contributed by atoms with Gasteiger partial charge >= 0.3 is 0 Å². The Kier molecular flexibility index (Phi) is 5.03. The van der Waals surface area contributed by atoms with E-state index in [1.165, 1.54) is 0 Å². The Balaban J connectivity index is 1.50. The van der Waals surface area contributed by atoms with Crippen molar-refractivity contribution in [1.82, 2.24) is 19.9 Å². The Morgan fingerprint density at radius 3 is 2.89 bits per heavy atom. The number of carbonyl (C=O) groups is 1. The zero-order valence-electron chi connectivity index (χ0n) is 14.8. The number of benzene rings is 1. The molecule has 2 aromatic heterocycles. The summed E-state index contributed by atoms with van der Waals surface area (Å²) in [6.45, 7) is 1.33. The van der Waals surface area contributed by atoms with E-state index in [9.17, 15) is 4.79 Å². The highest BCUT2D eigenvalue weighted by Crippen LogP contribution is 2.29. The number of fused-ring (bicyclic) bond motifs is 1. The number of aromatic nitrogens is 3. The van der Waals surface area contributed by atoms with Crippen LogP contribution in [0.4, 0.5) is 5.82 Å². The summed E-state index contributed by atoms with van der Waals surface area (Å²) in [6, 6.07) is 9.46. The highest BCUT2D eigenvalue weighted by molar-refractivity contribution is 6.36. The fourth-order valence-electron chi connectivity index (χ4n) is 2.92. The summed E-state index contributed by atoms with van der Waals surface area (Å²) in [4.78, 5) is 16.3. The zero-order chi connectivity index (χ0) is 18.8. The number of halogens is 1. The van der Waals surface area contributed by atoms with Crippen LogP contribution in [0.2, 0.25) is 5.02 Å². The molecule has 0 aliphatic heterocycles. The lowest BCUT2D eigenvalue weighted by Crippen LogP contribution is -2.27. The average molecular weight is 380 g/mol. The molecule has 1 saturated carbocycles. The number of nitrogens with zero attached hydrogens (tertiary/aromatic N) is 3. The molecule has 1 amide bonds. The van der Waals surface area contributed by atoms with Crippen LogP contribution in [0.1, 0.15) is 19.3 Å². The molecule has 8 heteroatoms. The first-order valence-corrected chi connectivity index (χ1v) is 9.42. The van der Waals surface area contributed by atoms with Crippen LogP contribution in [0.15, 0.2) is 36.5 Å². The maximum absolute atomic E-state index is 11.7. The van der Waals surface area contributed by atoms with Crippen molar-refractivity contribution in [2.75, 3.05) is 18.4 Å². The molecule has 0 saturated heterocycles. The summed E-state index contributed by atoms with van der Waals surface area (Å²) < 4.78 is 1.68. The summed E-state index contributed by atoms with van der Waals surface area (Å²) in [6.07, 6.45) is 4.43. The second-order valence-corrected chi connectivity index (χ2v) is 7.09. The van der Waals surface area contributed by atoms with Gasteiger partial charge in [0.25, 0.3) is 0 Å². The standard InChI is InChI=1S/C19H19BClN5O/c20-14-11-24-26-17(22-8-3-9-23-19(27)12-6-7-12)10-16(25-18(14)26)13-4-1-2-5-15(13)21/h1-2,4-5,10-12,22H,3,6-9H2,(H,23,27). The number of anilines is 1. The van der Waals surface area contributed by atoms with Crippen LogP contribution in [-0.2, 0) is 4.79 Å². The van der Waals surface area contributed by atoms with E-state index in [1.54, 1.807) is 10.7 Å². The fraction of sp³-hybridized carbons (Fsp3) is 0.316. The number of rotatable bonds is 7. The molecule has 0 atom stereocenters. The van der Waals surface area contributed by atoms with Gasteiger partial charge in [-0.3, -0.25) is 4.79 Å². The topological polar surface area (TPSA) is 71.3 Å². The van der Waals surface area contributed by atoms with Crippen LogP contribution < -0.4 is 16.1 Å². The predicted molar refractivity (Wildman–Crippen MR) is 108 cm³/mol. The molecule has 2 heterocycles. The summed E-state index contributed by atoms with van der Waals surface area (Å²) >= 11 is 6.33. The molecule has 0 bridgehead atoms. The van der Waals surface area contributed by atoms with Gasteiger partial charge in [0.15, 0.2) is 5.65 Å². The quantitative estimate of drug-likeness (QED) is 0.487. The lowest BCUT2D eigenvalue weighted by atomic mass is 10.0. The van der Waals surface area contributed by atoms with Crippen LogP contribution in [0, 0.1) is 5.92 Å². The van der Waals surface area contributed by atoms with Gasteiger partial charge in [-0.05, 0) is 30.8 Å². The van der Waals surface area contributed by atoms with Gasteiger partial charge in [0.1, 0.15) is 13.7 Å². The predicted octanol–water partition coefficient (Wildman–Crippen LogP) is 2.17. The molecule has 4 rings (SSSR count). The van der Waals surface area contributed by atoms with E-state index in [2.05, 4.69) is 20.7 Å². The molecule has 0 unspecified atom stereocenters. The first-order valence-electron chi connectivity index (χ1n) is 9.04. The molecule has 1 aliphatic carbocycles. The molecule has 2 radical (unpaired) electrons. The third kappa shape index (κ3) is 3.93.